The quantitative estimate of drug-likeness (QED) is 0.294. The van der Waals surface area contributed by atoms with Crippen LogP contribution < -0.4 is 0 Å². The third-order valence-corrected chi connectivity index (χ3v) is 9.79. The van der Waals surface area contributed by atoms with E-state index in [-0.39, 0.29) is 23.5 Å². The molecule has 2 fully saturated rings. The topological polar surface area (TPSA) is 53.2 Å². The van der Waals surface area contributed by atoms with E-state index >= 15 is 0 Å². The summed E-state index contributed by atoms with van der Waals surface area (Å²) < 4.78 is 0. The molecule has 0 amide bonds. The van der Waals surface area contributed by atoms with Gasteiger partial charge in [0, 0.05) is 34.6 Å². The Balaban J connectivity index is 1.46. The van der Waals surface area contributed by atoms with Crippen LogP contribution in [-0.2, 0) is 5.54 Å². The van der Waals surface area contributed by atoms with E-state index in [0.717, 1.165) is 62.6 Å². The van der Waals surface area contributed by atoms with Crippen LogP contribution in [0.25, 0.3) is 21.7 Å². The highest BCUT2D eigenvalue weighted by Crippen LogP contribution is 2.63. The van der Waals surface area contributed by atoms with Gasteiger partial charge in [-0.05, 0) is 58.8 Å². The lowest BCUT2D eigenvalue weighted by molar-refractivity contribution is 0.0521. The first-order valence-electron chi connectivity index (χ1n) is 12.7. The van der Waals surface area contributed by atoms with Crippen molar-refractivity contribution in [3.05, 3.63) is 106 Å². The number of para-hydroxylation sites is 1. The second-order valence-corrected chi connectivity index (χ2v) is 11.3. The van der Waals surface area contributed by atoms with Gasteiger partial charge in [0.25, 0.3) is 0 Å². The predicted molar refractivity (Wildman–Crippen MR) is 143 cm³/mol. The van der Waals surface area contributed by atoms with E-state index in [2.05, 4.69) is 58.5 Å². The third kappa shape index (κ3) is 2.38. The SMILES string of the molecule is O=C(c1cccs1)[C@@H]1[C@@H](c2c[nH]c3ccccc23)[C@@H]2CCCN2[C@@]12C(=O)c1cccc3cccc2c13. The molecule has 4 nitrogen and oxygen atoms in total. The largest absolute Gasteiger partial charge is 0.361 e. The number of thiophene rings is 1. The molecule has 4 atom stereocenters. The molecule has 3 aliphatic rings. The van der Waals surface area contributed by atoms with Gasteiger partial charge in [0.05, 0.1) is 10.8 Å². The molecule has 4 heterocycles. The Morgan fingerprint density at radius 1 is 1.00 bits per heavy atom. The van der Waals surface area contributed by atoms with E-state index in [1.807, 2.05) is 35.7 Å². The van der Waals surface area contributed by atoms with Gasteiger partial charge in [0.15, 0.2) is 11.6 Å². The van der Waals surface area contributed by atoms with Crippen molar-refractivity contribution in [3.63, 3.8) is 0 Å². The number of aromatic amines is 1. The van der Waals surface area contributed by atoms with Crippen molar-refractivity contribution in [2.45, 2.75) is 30.3 Å². The second-order valence-electron chi connectivity index (χ2n) is 10.3. The molecule has 1 spiro atoms. The molecular weight excluding hydrogens is 464 g/mol. The standard InChI is InChI=1S/C31H24N2O2S/c34-29(25-14-6-16-36-25)28-27(21-17-32-23-12-2-1-9-19(21)23)24-13-5-15-33(24)31(28)22-11-4-8-18-7-3-10-20(26(18)22)30(31)35/h1-4,6-12,14,16-17,24,27-28,32H,5,13,15H2/t24-,27-,28-,31+/m0/s1. The Bertz CT molecular complexity index is 1700. The number of nitrogens with one attached hydrogen (secondary N) is 1. The average molecular weight is 489 g/mol. The summed E-state index contributed by atoms with van der Waals surface area (Å²) in [7, 11) is 0. The maximum absolute atomic E-state index is 14.7. The number of hydrogen-bond donors (Lipinski definition) is 1. The van der Waals surface area contributed by atoms with Gasteiger partial charge in [-0.2, -0.15) is 0 Å². The zero-order valence-corrected chi connectivity index (χ0v) is 20.4. The Hall–Kier alpha value is -3.54. The number of carbonyl (C=O) groups is 2. The highest BCUT2D eigenvalue weighted by Gasteiger charge is 2.69. The van der Waals surface area contributed by atoms with E-state index in [9.17, 15) is 9.59 Å². The van der Waals surface area contributed by atoms with Gasteiger partial charge in [-0.15, -0.1) is 11.3 Å². The van der Waals surface area contributed by atoms with Crippen LogP contribution in [-0.4, -0.2) is 34.0 Å². The molecule has 36 heavy (non-hydrogen) atoms. The Morgan fingerprint density at radius 3 is 2.72 bits per heavy atom. The number of carbonyl (C=O) groups excluding carboxylic acids is 2. The molecule has 1 N–H and O–H groups in total. The van der Waals surface area contributed by atoms with Gasteiger partial charge in [0.2, 0.25) is 0 Å². The summed E-state index contributed by atoms with van der Waals surface area (Å²) in [6, 6.07) is 24.6. The first kappa shape index (κ1) is 20.6. The second kappa shape index (κ2) is 7.25. The van der Waals surface area contributed by atoms with Crippen molar-refractivity contribution in [2.75, 3.05) is 6.54 Å². The fraction of sp³-hybridized carbons (Fsp3) is 0.226. The molecule has 2 aliphatic heterocycles. The fourth-order valence-electron chi connectivity index (χ4n) is 7.72. The number of ketones is 2. The van der Waals surface area contributed by atoms with Crippen LogP contribution in [0.5, 0.6) is 0 Å². The molecule has 5 aromatic rings. The third-order valence-electron chi connectivity index (χ3n) is 8.91. The lowest BCUT2D eigenvalue weighted by atomic mass is 9.69. The molecule has 3 aromatic carbocycles. The molecule has 0 saturated carbocycles. The van der Waals surface area contributed by atoms with Crippen LogP contribution in [0.3, 0.4) is 0 Å². The summed E-state index contributed by atoms with van der Waals surface area (Å²) in [5, 5.41) is 5.21. The predicted octanol–water partition coefficient (Wildman–Crippen LogP) is 6.54. The molecule has 5 heteroatoms. The molecule has 2 aromatic heterocycles. The molecule has 8 rings (SSSR count). The molecular formula is C31H24N2O2S. The van der Waals surface area contributed by atoms with Crippen molar-refractivity contribution in [2.24, 2.45) is 5.92 Å². The zero-order valence-electron chi connectivity index (χ0n) is 19.6. The normalized spacial score (nSPS) is 27.0. The van der Waals surface area contributed by atoms with Gasteiger partial charge in [-0.1, -0.05) is 60.7 Å². The zero-order chi connectivity index (χ0) is 24.0. The minimum atomic E-state index is -0.978. The molecule has 176 valence electrons. The summed E-state index contributed by atoms with van der Waals surface area (Å²) in [6.07, 6.45) is 4.11. The maximum atomic E-state index is 14.7. The number of fused-ring (bicyclic) bond motifs is 4. The first-order chi connectivity index (χ1) is 17.7. The lowest BCUT2D eigenvalue weighted by Gasteiger charge is -2.38. The highest BCUT2D eigenvalue weighted by atomic mass is 32.1. The Labute approximate surface area is 212 Å². The van der Waals surface area contributed by atoms with Crippen LogP contribution >= 0.6 is 11.3 Å². The average Bonchev–Trinajstić information content (AvgIpc) is 3.72. The Kier molecular flexibility index (Phi) is 4.15. The van der Waals surface area contributed by atoms with Crippen LogP contribution in [0.4, 0.5) is 0 Å². The Morgan fingerprint density at radius 2 is 1.86 bits per heavy atom. The summed E-state index contributed by atoms with van der Waals surface area (Å²) in [5.74, 6) is -0.385. The molecule has 2 saturated heterocycles. The number of Topliss-reactive ketones (excluding diaryl/α,β-unsaturated/α-hetero) is 2. The summed E-state index contributed by atoms with van der Waals surface area (Å²) in [4.78, 5) is 35.9. The molecule has 0 unspecified atom stereocenters. The van der Waals surface area contributed by atoms with Gasteiger partial charge in [-0.3, -0.25) is 14.5 Å². The first-order valence-corrected chi connectivity index (χ1v) is 13.6. The smallest absolute Gasteiger partial charge is 0.189 e. The maximum Gasteiger partial charge on any atom is 0.189 e. The van der Waals surface area contributed by atoms with Crippen LogP contribution in [0, 0.1) is 5.92 Å². The van der Waals surface area contributed by atoms with E-state index in [4.69, 9.17) is 0 Å². The number of rotatable bonds is 3. The number of benzene rings is 3. The molecule has 0 bridgehead atoms. The van der Waals surface area contributed by atoms with E-state index in [1.165, 1.54) is 11.3 Å². The molecule has 0 radical (unpaired) electrons. The number of aromatic nitrogens is 1. The van der Waals surface area contributed by atoms with E-state index < -0.39 is 11.5 Å². The summed E-state index contributed by atoms with van der Waals surface area (Å²) in [6.45, 7) is 0.827. The highest BCUT2D eigenvalue weighted by molar-refractivity contribution is 7.12. The minimum absolute atomic E-state index is 0.0771. The van der Waals surface area contributed by atoms with Crippen molar-refractivity contribution in [1.29, 1.82) is 0 Å². The monoisotopic (exact) mass is 488 g/mol. The molecule has 1 aliphatic carbocycles. The lowest BCUT2D eigenvalue weighted by Crippen LogP contribution is -2.51. The minimum Gasteiger partial charge on any atom is -0.361 e. The number of hydrogen-bond acceptors (Lipinski definition) is 4. The van der Waals surface area contributed by atoms with Crippen LogP contribution in [0.15, 0.2) is 84.4 Å². The van der Waals surface area contributed by atoms with Gasteiger partial charge < -0.3 is 4.98 Å². The van der Waals surface area contributed by atoms with Crippen molar-refractivity contribution in [3.8, 4) is 0 Å². The number of nitrogens with zero attached hydrogens (tertiary/aromatic N) is 1. The van der Waals surface area contributed by atoms with Crippen molar-refractivity contribution in [1.82, 2.24) is 9.88 Å². The van der Waals surface area contributed by atoms with Gasteiger partial charge >= 0.3 is 0 Å². The van der Waals surface area contributed by atoms with Crippen LogP contribution in [0.1, 0.15) is 49.9 Å². The summed E-state index contributed by atoms with van der Waals surface area (Å²) in [5.41, 5.74) is 3.03. The van der Waals surface area contributed by atoms with Crippen LogP contribution in [0.2, 0.25) is 0 Å². The van der Waals surface area contributed by atoms with Crippen molar-refractivity contribution >= 4 is 44.6 Å². The number of H-pyrrole nitrogens is 1. The van der Waals surface area contributed by atoms with Crippen molar-refractivity contribution < 1.29 is 9.59 Å². The summed E-state index contributed by atoms with van der Waals surface area (Å²) >= 11 is 1.48. The van der Waals surface area contributed by atoms with E-state index in [1.54, 1.807) is 0 Å². The fourth-order valence-corrected chi connectivity index (χ4v) is 8.42. The van der Waals surface area contributed by atoms with Gasteiger partial charge in [-0.25, -0.2) is 0 Å². The van der Waals surface area contributed by atoms with E-state index in [0.29, 0.717) is 0 Å². The van der Waals surface area contributed by atoms with Gasteiger partial charge in [0.1, 0.15) is 5.54 Å².